The van der Waals surface area contributed by atoms with Crippen molar-refractivity contribution in [2.24, 2.45) is 5.73 Å². The van der Waals surface area contributed by atoms with Crippen LogP contribution in [0.3, 0.4) is 0 Å². The lowest BCUT2D eigenvalue weighted by Crippen LogP contribution is -2.11. The fraction of sp³-hybridized carbons (Fsp3) is 0.462. The molecule has 17 heavy (non-hydrogen) atoms. The summed E-state index contributed by atoms with van der Waals surface area (Å²) in [5.41, 5.74) is 7.44. The Bertz CT molecular complexity index is 366. The van der Waals surface area contributed by atoms with E-state index in [1.165, 1.54) is 31.2 Å². The van der Waals surface area contributed by atoms with Gasteiger partial charge in [-0.1, -0.05) is 32.3 Å². The summed E-state index contributed by atoms with van der Waals surface area (Å²) in [5.74, 6) is 0.0857. The number of amidine groups is 1. The van der Waals surface area contributed by atoms with Gasteiger partial charge in [-0.3, -0.25) is 5.41 Å². The van der Waals surface area contributed by atoms with Gasteiger partial charge >= 0.3 is 0 Å². The van der Waals surface area contributed by atoms with E-state index in [1.807, 2.05) is 18.2 Å². The molecule has 96 valence electrons. The van der Waals surface area contributed by atoms with E-state index in [0.29, 0.717) is 0 Å². The molecule has 0 aromatic heterocycles. The van der Waals surface area contributed by atoms with Crippen molar-refractivity contribution in [1.29, 1.82) is 5.41 Å². The summed E-state index contributed by atoms with van der Waals surface area (Å²) in [6.45, 7) is 2.22. The Kier molecular flexibility index (Phi) is 8.09. The number of nitrogens with two attached hydrogens (primary N) is 1. The topological polar surface area (TPSA) is 49.9 Å². The molecule has 1 aromatic rings. The maximum atomic E-state index is 7.37. The SMILES string of the molecule is CCCCCCc1ccc(C(=N)N)c(S)c1.Cl. The highest BCUT2D eigenvalue weighted by atomic mass is 35.5. The van der Waals surface area contributed by atoms with Crippen LogP contribution in [0.4, 0.5) is 0 Å². The van der Waals surface area contributed by atoms with Gasteiger partial charge in [0.1, 0.15) is 5.84 Å². The van der Waals surface area contributed by atoms with E-state index in [0.717, 1.165) is 16.9 Å². The second-order valence-corrected chi connectivity index (χ2v) is 4.56. The molecule has 0 amide bonds. The van der Waals surface area contributed by atoms with E-state index in [-0.39, 0.29) is 18.2 Å². The van der Waals surface area contributed by atoms with Gasteiger partial charge in [0.15, 0.2) is 0 Å². The molecular weight excluding hydrogens is 252 g/mol. The third-order valence-electron chi connectivity index (χ3n) is 2.67. The maximum absolute atomic E-state index is 7.37. The second-order valence-electron chi connectivity index (χ2n) is 4.08. The van der Waals surface area contributed by atoms with Gasteiger partial charge in [-0.2, -0.15) is 0 Å². The molecular formula is C13H21ClN2S. The van der Waals surface area contributed by atoms with Crippen LogP contribution in [-0.4, -0.2) is 5.84 Å². The van der Waals surface area contributed by atoms with Crippen molar-refractivity contribution in [3.05, 3.63) is 29.3 Å². The summed E-state index contributed by atoms with van der Waals surface area (Å²) in [7, 11) is 0. The van der Waals surface area contributed by atoms with Crippen LogP contribution in [0.1, 0.15) is 43.7 Å². The predicted molar refractivity (Wildman–Crippen MR) is 79.8 cm³/mol. The Hall–Kier alpha value is -0.670. The lowest BCUT2D eigenvalue weighted by atomic mass is 10.0. The fourth-order valence-electron chi connectivity index (χ4n) is 1.72. The number of unbranched alkanes of at least 4 members (excludes halogenated alkanes) is 3. The highest BCUT2D eigenvalue weighted by molar-refractivity contribution is 7.80. The van der Waals surface area contributed by atoms with Crippen molar-refractivity contribution in [3.63, 3.8) is 0 Å². The quantitative estimate of drug-likeness (QED) is 0.314. The lowest BCUT2D eigenvalue weighted by molar-refractivity contribution is 0.666. The molecule has 0 saturated carbocycles. The van der Waals surface area contributed by atoms with Crippen LogP contribution in [0.15, 0.2) is 23.1 Å². The van der Waals surface area contributed by atoms with Crippen LogP contribution in [0.2, 0.25) is 0 Å². The zero-order valence-electron chi connectivity index (χ0n) is 10.2. The van der Waals surface area contributed by atoms with Crippen molar-refractivity contribution in [2.45, 2.75) is 43.9 Å². The maximum Gasteiger partial charge on any atom is 0.123 e. The number of nitrogens with one attached hydrogen (secondary N) is 1. The molecule has 1 rings (SSSR count). The summed E-state index contributed by atoms with van der Waals surface area (Å²) >= 11 is 4.35. The number of aryl methyl sites for hydroxylation is 1. The number of benzene rings is 1. The number of halogens is 1. The smallest absolute Gasteiger partial charge is 0.123 e. The monoisotopic (exact) mass is 272 g/mol. The average molecular weight is 273 g/mol. The second kappa shape index (κ2) is 8.43. The van der Waals surface area contributed by atoms with Gasteiger partial charge in [0.2, 0.25) is 0 Å². The van der Waals surface area contributed by atoms with E-state index < -0.39 is 0 Å². The van der Waals surface area contributed by atoms with Crippen molar-refractivity contribution in [3.8, 4) is 0 Å². The van der Waals surface area contributed by atoms with Crippen LogP contribution in [0.25, 0.3) is 0 Å². The Morgan fingerprint density at radius 3 is 2.53 bits per heavy atom. The molecule has 0 aliphatic rings. The fourth-order valence-corrected chi connectivity index (χ4v) is 2.08. The molecule has 0 saturated heterocycles. The first-order chi connectivity index (χ1) is 7.65. The predicted octanol–water partition coefficient (Wildman–Crippen LogP) is 3.80. The number of hydrogen-bond donors (Lipinski definition) is 3. The van der Waals surface area contributed by atoms with Gasteiger partial charge in [0, 0.05) is 10.5 Å². The zero-order valence-corrected chi connectivity index (χ0v) is 11.9. The van der Waals surface area contributed by atoms with Crippen molar-refractivity contribution in [2.75, 3.05) is 0 Å². The summed E-state index contributed by atoms with van der Waals surface area (Å²) in [5, 5.41) is 7.37. The molecule has 0 radical (unpaired) electrons. The Labute approximate surface area is 115 Å². The summed E-state index contributed by atoms with van der Waals surface area (Å²) in [4.78, 5) is 0.806. The minimum absolute atomic E-state index is 0. The van der Waals surface area contributed by atoms with E-state index in [9.17, 15) is 0 Å². The number of rotatable bonds is 6. The Morgan fingerprint density at radius 1 is 1.29 bits per heavy atom. The minimum Gasteiger partial charge on any atom is -0.384 e. The molecule has 3 N–H and O–H groups in total. The molecule has 0 aliphatic carbocycles. The molecule has 0 aliphatic heterocycles. The van der Waals surface area contributed by atoms with Crippen LogP contribution in [0.5, 0.6) is 0 Å². The standard InChI is InChI=1S/C13H20N2S.ClH/c1-2-3-4-5-6-10-7-8-11(13(14)15)12(16)9-10;/h7-9,16H,2-6H2,1H3,(H3,14,15);1H. The van der Waals surface area contributed by atoms with Crippen molar-refractivity contribution in [1.82, 2.24) is 0 Å². The van der Waals surface area contributed by atoms with Crippen LogP contribution < -0.4 is 5.73 Å². The van der Waals surface area contributed by atoms with Crippen molar-refractivity contribution >= 4 is 30.9 Å². The molecule has 0 bridgehead atoms. The zero-order chi connectivity index (χ0) is 12.0. The highest BCUT2D eigenvalue weighted by Crippen LogP contribution is 2.17. The van der Waals surface area contributed by atoms with Gasteiger partial charge in [0.25, 0.3) is 0 Å². The van der Waals surface area contributed by atoms with E-state index in [4.69, 9.17) is 11.1 Å². The first-order valence-corrected chi connectivity index (χ1v) is 6.26. The molecule has 0 fully saturated rings. The molecule has 4 heteroatoms. The Balaban J connectivity index is 0.00000256. The molecule has 0 spiro atoms. The van der Waals surface area contributed by atoms with E-state index in [2.05, 4.69) is 19.6 Å². The first-order valence-electron chi connectivity index (χ1n) is 5.81. The Morgan fingerprint density at radius 2 is 2.00 bits per heavy atom. The van der Waals surface area contributed by atoms with E-state index >= 15 is 0 Å². The highest BCUT2D eigenvalue weighted by Gasteiger charge is 2.03. The third-order valence-corrected chi connectivity index (χ3v) is 3.04. The number of nitrogen functional groups attached to an aromatic ring is 1. The number of hydrogen-bond acceptors (Lipinski definition) is 2. The summed E-state index contributed by atoms with van der Waals surface area (Å²) in [6.07, 6.45) is 6.17. The van der Waals surface area contributed by atoms with Gasteiger partial charge in [-0.25, -0.2) is 0 Å². The van der Waals surface area contributed by atoms with Crippen molar-refractivity contribution < 1.29 is 0 Å². The largest absolute Gasteiger partial charge is 0.384 e. The van der Waals surface area contributed by atoms with Crippen LogP contribution in [0, 0.1) is 5.41 Å². The molecule has 0 unspecified atom stereocenters. The van der Waals surface area contributed by atoms with Crippen LogP contribution in [-0.2, 0) is 6.42 Å². The molecule has 2 nitrogen and oxygen atoms in total. The normalized spacial score (nSPS) is 9.76. The third kappa shape index (κ3) is 5.46. The lowest BCUT2D eigenvalue weighted by Gasteiger charge is -2.06. The first kappa shape index (κ1) is 16.3. The number of thiol groups is 1. The van der Waals surface area contributed by atoms with Gasteiger partial charge in [-0.15, -0.1) is 25.0 Å². The summed E-state index contributed by atoms with van der Waals surface area (Å²) < 4.78 is 0. The van der Waals surface area contributed by atoms with Gasteiger partial charge in [0.05, 0.1) is 0 Å². The summed E-state index contributed by atoms with van der Waals surface area (Å²) in [6, 6.07) is 5.95. The van der Waals surface area contributed by atoms with Gasteiger partial charge in [-0.05, 0) is 30.5 Å². The molecule has 0 heterocycles. The van der Waals surface area contributed by atoms with E-state index in [1.54, 1.807) is 0 Å². The average Bonchev–Trinajstić information content (AvgIpc) is 2.24. The van der Waals surface area contributed by atoms with Crippen LogP contribution >= 0.6 is 25.0 Å². The molecule has 1 aromatic carbocycles. The van der Waals surface area contributed by atoms with Gasteiger partial charge < -0.3 is 5.73 Å². The minimum atomic E-state index is 0. The molecule has 0 atom stereocenters.